The largest absolute Gasteiger partial charge is 0.361 e. The Kier molecular flexibility index (Phi) is 4.92. The molecule has 18 heavy (non-hydrogen) atoms. The number of nitrogens with zero attached hydrogens (tertiary/aromatic N) is 1. The number of carbonyl (C=O) groups is 1. The van der Waals surface area contributed by atoms with Crippen molar-refractivity contribution in [2.24, 2.45) is 16.8 Å². The second-order valence-corrected chi connectivity index (χ2v) is 6.54. The minimum absolute atomic E-state index is 0.208. The molecule has 1 aliphatic heterocycles. The molecule has 0 radical (unpaired) electrons. The molecule has 2 fully saturated rings. The van der Waals surface area contributed by atoms with Gasteiger partial charge in [-0.25, -0.2) is 0 Å². The highest BCUT2D eigenvalue weighted by Crippen LogP contribution is 2.28. The quantitative estimate of drug-likeness (QED) is 0.721. The van der Waals surface area contributed by atoms with Crippen LogP contribution >= 0.6 is 11.8 Å². The van der Waals surface area contributed by atoms with E-state index in [1.807, 2.05) is 0 Å². The third-order valence-corrected chi connectivity index (χ3v) is 4.21. The molecule has 1 unspecified atom stereocenters. The molecule has 1 atom stereocenters. The van der Waals surface area contributed by atoms with Gasteiger partial charge in [0.05, 0.1) is 6.54 Å². The molecule has 0 spiro atoms. The Morgan fingerprint density at radius 2 is 2.33 bits per heavy atom. The van der Waals surface area contributed by atoms with Gasteiger partial charge in [0, 0.05) is 24.3 Å². The fraction of sp³-hybridized carbons (Fsp3) is 0.846. The van der Waals surface area contributed by atoms with Gasteiger partial charge in [-0.3, -0.25) is 9.79 Å². The fourth-order valence-electron chi connectivity index (χ4n) is 2.05. The average Bonchev–Trinajstić information content (AvgIpc) is 3.07. The van der Waals surface area contributed by atoms with Gasteiger partial charge in [-0.15, -0.1) is 0 Å². The van der Waals surface area contributed by atoms with E-state index in [0.717, 1.165) is 29.7 Å². The summed E-state index contributed by atoms with van der Waals surface area (Å²) in [6.45, 7) is 5.84. The molecule has 5 heteroatoms. The van der Waals surface area contributed by atoms with Crippen LogP contribution in [0.25, 0.3) is 0 Å². The molecular weight excluding hydrogens is 246 g/mol. The van der Waals surface area contributed by atoms with Crippen LogP contribution in [0.2, 0.25) is 0 Å². The first-order valence-corrected chi connectivity index (χ1v) is 7.85. The Hall–Kier alpha value is -0.710. The molecule has 1 amide bonds. The van der Waals surface area contributed by atoms with Crippen LogP contribution in [0, 0.1) is 11.8 Å². The van der Waals surface area contributed by atoms with E-state index in [1.54, 1.807) is 11.8 Å². The summed E-state index contributed by atoms with van der Waals surface area (Å²) in [4.78, 5) is 15.9. The van der Waals surface area contributed by atoms with E-state index in [2.05, 4.69) is 29.5 Å². The van der Waals surface area contributed by atoms with Crippen molar-refractivity contribution in [3.63, 3.8) is 0 Å². The Labute approximate surface area is 113 Å². The minimum Gasteiger partial charge on any atom is -0.361 e. The van der Waals surface area contributed by atoms with Crippen LogP contribution in [0.4, 0.5) is 0 Å². The van der Waals surface area contributed by atoms with Gasteiger partial charge in [-0.1, -0.05) is 25.6 Å². The number of carbonyl (C=O) groups excluding carboxylic acids is 1. The normalized spacial score (nSPS) is 25.5. The highest BCUT2D eigenvalue weighted by molar-refractivity contribution is 8.14. The van der Waals surface area contributed by atoms with Gasteiger partial charge < -0.3 is 10.6 Å². The predicted molar refractivity (Wildman–Crippen MR) is 76.9 cm³/mol. The second kappa shape index (κ2) is 6.45. The summed E-state index contributed by atoms with van der Waals surface area (Å²) in [7, 11) is 0. The van der Waals surface area contributed by atoms with Crippen LogP contribution < -0.4 is 10.6 Å². The molecule has 1 aliphatic carbocycles. The number of hydrogen-bond acceptors (Lipinski definition) is 3. The lowest BCUT2D eigenvalue weighted by molar-refractivity contribution is -0.122. The average molecular weight is 269 g/mol. The lowest BCUT2D eigenvalue weighted by Crippen LogP contribution is -2.30. The van der Waals surface area contributed by atoms with Crippen molar-refractivity contribution in [3.8, 4) is 0 Å². The minimum atomic E-state index is 0.208. The SMILES string of the molecule is CC(C)CC1CSC(=NCCNC(=O)C2CC2)N1. The molecule has 0 aromatic rings. The van der Waals surface area contributed by atoms with Gasteiger partial charge in [0.25, 0.3) is 0 Å². The predicted octanol–water partition coefficient (Wildman–Crippen LogP) is 1.62. The first-order valence-electron chi connectivity index (χ1n) is 6.86. The first-order chi connectivity index (χ1) is 8.65. The smallest absolute Gasteiger partial charge is 0.223 e. The Balaban J connectivity index is 1.60. The van der Waals surface area contributed by atoms with Crippen molar-refractivity contribution in [1.29, 1.82) is 0 Å². The third-order valence-electron chi connectivity index (χ3n) is 3.12. The van der Waals surface area contributed by atoms with Crippen LogP contribution in [0.15, 0.2) is 4.99 Å². The van der Waals surface area contributed by atoms with Crippen molar-refractivity contribution in [2.45, 2.75) is 39.2 Å². The summed E-state index contributed by atoms with van der Waals surface area (Å²) in [5.41, 5.74) is 0. The molecule has 2 rings (SSSR count). The van der Waals surface area contributed by atoms with Crippen LogP contribution in [0.3, 0.4) is 0 Å². The van der Waals surface area contributed by atoms with Crippen LogP contribution in [-0.2, 0) is 4.79 Å². The number of rotatable bonds is 6. The summed E-state index contributed by atoms with van der Waals surface area (Å²) in [6.07, 6.45) is 3.33. The van der Waals surface area contributed by atoms with E-state index in [4.69, 9.17) is 0 Å². The first kappa shape index (κ1) is 13.7. The summed E-state index contributed by atoms with van der Waals surface area (Å²) in [5, 5.41) is 7.42. The van der Waals surface area contributed by atoms with E-state index in [0.29, 0.717) is 25.0 Å². The number of thioether (sulfide) groups is 1. The number of amidine groups is 1. The Morgan fingerprint density at radius 3 is 3.00 bits per heavy atom. The Bertz CT molecular complexity index is 326. The summed E-state index contributed by atoms with van der Waals surface area (Å²) >= 11 is 1.80. The van der Waals surface area contributed by atoms with Crippen LogP contribution in [0.1, 0.15) is 33.1 Å². The zero-order valence-corrected chi connectivity index (χ0v) is 12.1. The van der Waals surface area contributed by atoms with Crippen molar-refractivity contribution in [1.82, 2.24) is 10.6 Å². The third kappa shape index (κ3) is 4.52. The molecule has 2 aliphatic rings. The summed E-state index contributed by atoms with van der Waals surface area (Å²) < 4.78 is 0. The van der Waals surface area contributed by atoms with Crippen molar-refractivity contribution in [2.75, 3.05) is 18.8 Å². The van der Waals surface area contributed by atoms with E-state index in [-0.39, 0.29) is 5.91 Å². The van der Waals surface area contributed by atoms with E-state index in [9.17, 15) is 4.79 Å². The van der Waals surface area contributed by atoms with Crippen molar-refractivity contribution >= 4 is 22.8 Å². The zero-order chi connectivity index (χ0) is 13.0. The van der Waals surface area contributed by atoms with E-state index >= 15 is 0 Å². The standard InChI is InChI=1S/C13H23N3OS/c1-9(2)7-11-8-18-13(16-11)15-6-5-14-12(17)10-3-4-10/h9-11H,3-8H2,1-2H3,(H,14,17)(H,15,16). The van der Waals surface area contributed by atoms with Gasteiger partial charge >= 0.3 is 0 Å². The molecule has 4 nitrogen and oxygen atoms in total. The molecule has 1 saturated heterocycles. The number of aliphatic imine (C=N–C) groups is 1. The number of amides is 1. The maximum Gasteiger partial charge on any atom is 0.223 e. The maximum atomic E-state index is 11.4. The van der Waals surface area contributed by atoms with Gasteiger partial charge in [0.15, 0.2) is 5.17 Å². The molecule has 102 valence electrons. The summed E-state index contributed by atoms with van der Waals surface area (Å²) in [6, 6.07) is 0.565. The highest BCUT2D eigenvalue weighted by Gasteiger charge is 2.29. The second-order valence-electron chi connectivity index (χ2n) is 5.53. The van der Waals surface area contributed by atoms with Gasteiger partial charge in [-0.2, -0.15) is 0 Å². The van der Waals surface area contributed by atoms with Crippen LogP contribution in [-0.4, -0.2) is 36.0 Å². The molecule has 0 aromatic carbocycles. The maximum absolute atomic E-state index is 11.4. The lowest BCUT2D eigenvalue weighted by atomic mass is 10.1. The molecule has 0 bridgehead atoms. The lowest BCUT2D eigenvalue weighted by Gasteiger charge is -2.11. The van der Waals surface area contributed by atoms with Gasteiger partial charge in [0.1, 0.15) is 0 Å². The molecule has 0 aromatic heterocycles. The molecule has 1 saturated carbocycles. The van der Waals surface area contributed by atoms with E-state index < -0.39 is 0 Å². The number of nitrogens with one attached hydrogen (secondary N) is 2. The van der Waals surface area contributed by atoms with Gasteiger partial charge in [-0.05, 0) is 25.2 Å². The van der Waals surface area contributed by atoms with Gasteiger partial charge in [0.2, 0.25) is 5.91 Å². The topological polar surface area (TPSA) is 53.5 Å². The highest BCUT2D eigenvalue weighted by atomic mass is 32.2. The monoisotopic (exact) mass is 269 g/mol. The van der Waals surface area contributed by atoms with Crippen molar-refractivity contribution < 1.29 is 4.79 Å². The molecule has 1 heterocycles. The van der Waals surface area contributed by atoms with Crippen molar-refractivity contribution in [3.05, 3.63) is 0 Å². The Morgan fingerprint density at radius 1 is 1.56 bits per heavy atom. The molecule has 2 N–H and O–H groups in total. The molecular formula is C13H23N3OS. The number of hydrogen-bond donors (Lipinski definition) is 2. The summed E-state index contributed by atoms with van der Waals surface area (Å²) in [5.74, 6) is 2.35. The van der Waals surface area contributed by atoms with E-state index in [1.165, 1.54) is 6.42 Å². The fourth-order valence-corrected chi connectivity index (χ4v) is 3.06. The van der Waals surface area contributed by atoms with Crippen LogP contribution in [0.5, 0.6) is 0 Å². The zero-order valence-electron chi connectivity index (χ0n) is 11.2.